The van der Waals surface area contributed by atoms with Crippen molar-refractivity contribution in [2.24, 2.45) is 0 Å². The predicted octanol–water partition coefficient (Wildman–Crippen LogP) is 4.77. The normalized spacial score (nSPS) is 10.8. The van der Waals surface area contributed by atoms with Crippen LogP contribution in [-0.2, 0) is 35.5 Å². The first-order valence-corrected chi connectivity index (χ1v) is 10.5. The number of aryl methyl sites for hydroxylation is 1. The van der Waals surface area contributed by atoms with Gasteiger partial charge in [0.1, 0.15) is 5.01 Å². The zero-order valence-electron chi connectivity index (χ0n) is 16.4. The van der Waals surface area contributed by atoms with Gasteiger partial charge in [0.2, 0.25) is 5.91 Å². The molecule has 1 amide bonds. The maximum Gasteiger partial charge on any atom is 0.226 e. The van der Waals surface area contributed by atoms with Gasteiger partial charge in [-0.3, -0.25) is 4.79 Å². The van der Waals surface area contributed by atoms with Crippen molar-refractivity contribution < 1.29 is 9.53 Å². The van der Waals surface area contributed by atoms with Crippen LogP contribution in [0.15, 0.2) is 53.9 Å². The molecule has 0 saturated heterocycles. The molecule has 1 heterocycles. The second-order valence-corrected chi connectivity index (χ2v) is 7.46. The van der Waals surface area contributed by atoms with Crippen molar-refractivity contribution in [2.75, 3.05) is 6.61 Å². The summed E-state index contributed by atoms with van der Waals surface area (Å²) in [7, 11) is 0. The van der Waals surface area contributed by atoms with Crippen molar-refractivity contribution in [3.63, 3.8) is 0 Å². The molecule has 28 heavy (non-hydrogen) atoms. The van der Waals surface area contributed by atoms with Gasteiger partial charge < -0.3 is 10.1 Å². The van der Waals surface area contributed by atoms with Crippen molar-refractivity contribution in [1.29, 1.82) is 0 Å². The fraction of sp³-hybridized carbons (Fsp3) is 0.304. The van der Waals surface area contributed by atoms with E-state index in [2.05, 4.69) is 41.5 Å². The monoisotopic (exact) mass is 394 g/mol. The Morgan fingerprint density at radius 2 is 1.68 bits per heavy atom. The molecule has 0 aliphatic carbocycles. The Morgan fingerprint density at radius 3 is 2.36 bits per heavy atom. The SMILES string of the molecule is CCOCc1ccc(CNC(=O)Cc2csc(-c3ccc(CC)cc3)n2)cc1. The van der Waals surface area contributed by atoms with Gasteiger partial charge >= 0.3 is 0 Å². The van der Waals surface area contributed by atoms with Gasteiger partial charge in [-0.05, 0) is 30.0 Å². The van der Waals surface area contributed by atoms with Crippen LogP contribution in [-0.4, -0.2) is 17.5 Å². The lowest BCUT2D eigenvalue weighted by Crippen LogP contribution is -2.24. The smallest absolute Gasteiger partial charge is 0.226 e. The van der Waals surface area contributed by atoms with Crippen molar-refractivity contribution in [3.8, 4) is 10.6 Å². The molecule has 2 aromatic carbocycles. The molecule has 3 aromatic rings. The number of hydrogen-bond donors (Lipinski definition) is 1. The highest BCUT2D eigenvalue weighted by Crippen LogP contribution is 2.24. The molecule has 0 unspecified atom stereocenters. The fourth-order valence-electron chi connectivity index (χ4n) is 2.80. The first-order chi connectivity index (χ1) is 13.7. The molecular formula is C23H26N2O2S. The van der Waals surface area contributed by atoms with Crippen LogP contribution >= 0.6 is 11.3 Å². The molecule has 0 fully saturated rings. The number of carbonyl (C=O) groups excluding carboxylic acids is 1. The molecule has 1 aromatic heterocycles. The summed E-state index contributed by atoms with van der Waals surface area (Å²) in [6, 6.07) is 16.6. The topological polar surface area (TPSA) is 51.2 Å². The predicted molar refractivity (Wildman–Crippen MR) is 114 cm³/mol. The van der Waals surface area contributed by atoms with Crippen molar-refractivity contribution in [2.45, 2.75) is 39.8 Å². The van der Waals surface area contributed by atoms with Crippen LogP contribution in [0.3, 0.4) is 0 Å². The van der Waals surface area contributed by atoms with Crippen LogP contribution in [0.1, 0.15) is 36.2 Å². The highest BCUT2D eigenvalue weighted by atomic mass is 32.1. The molecule has 0 aliphatic heterocycles. The van der Waals surface area contributed by atoms with E-state index >= 15 is 0 Å². The third-order valence-electron chi connectivity index (χ3n) is 4.49. The molecule has 146 valence electrons. The number of nitrogens with one attached hydrogen (secondary N) is 1. The van der Waals surface area contributed by atoms with E-state index in [9.17, 15) is 4.79 Å². The number of nitrogens with zero attached hydrogens (tertiary/aromatic N) is 1. The first-order valence-electron chi connectivity index (χ1n) is 9.64. The summed E-state index contributed by atoms with van der Waals surface area (Å²) in [5, 5.41) is 5.89. The molecule has 0 bridgehead atoms. The van der Waals surface area contributed by atoms with E-state index in [0.29, 0.717) is 26.2 Å². The van der Waals surface area contributed by atoms with Gasteiger partial charge in [0.05, 0.1) is 18.7 Å². The average Bonchev–Trinajstić information content (AvgIpc) is 3.20. The van der Waals surface area contributed by atoms with Crippen LogP contribution in [0.4, 0.5) is 0 Å². The molecule has 4 nitrogen and oxygen atoms in total. The van der Waals surface area contributed by atoms with Crippen LogP contribution in [0, 0.1) is 0 Å². The zero-order valence-corrected chi connectivity index (χ0v) is 17.2. The molecular weight excluding hydrogens is 368 g/mol. The van der Waals surface area contributed by atoms with Gasteiger partial charge in [-0.2, -0.15) is 0 Å². The number of amides is 1. The molecule has 0 spiro atoms. The van der Waals surface area contributed by atoms with E-state index in [4.69, 9.17) is 4.74 Å². The quantitative estimate of drug-likeness (QED) is 0.569. The number of thiazole rings is 1. The van der Waals surface area contributed by atoms with Gasteiger partial charge in [0, 0.05) is 24.1 Å². The summed E-state index contributed by atoms with van der Waals surface area (Å²) in [4.78, 5) is 16.9. The highest BCUT2D eigenvalue weighted by molar-refractivity contribution is 7.13. The minimum absolute atomic E-state index is 0.0171. The first kappa shape index (κ1) is 20.2. The van der Waals surface area contributed by atoms with E-state index < -0.39 is 0 Å². The van der Waals surface area contributed by atoms with Gasteiger partial charge in [0.15, 0.2) is 0 Å². The summed E-state index contributed by atoms with van der Waals surface area (Å²) < 4.78 is 5.39. The lowest BCUT2D eigenvalue weighted by Gasteiger charge is -2.06. The molecule has 3 rings (SSSR count). The van der Waals surface area contributed by atoms with Gasteiger partial charge in [-0.25, -0.2) is 4.98 Å². The van der Waals surface area contributed by atoms with Crippen molar-refractivity contribution in [3.05, 3.63) is 76.3 Å². The Labute approximate surface area is 170 Å². The molecule has 0 saturated carbocycles. The number of ether oxygens (including phenoxy) is 1. The number of aromatic nitrogens is 1. The van der Waals surface area contributed by atoms with Crippen LogP contribution in [0.5, 0.6) is 0 Å². The second kappa shape index (κ2) is 10.2. The van der Waals surface area contributed by atoms with Crippen LogP contribution < -0.4 is 5.32 Å². The van der Waals surface area contributed by atoms with Crippen molar-refractivity contribution in [1.82, 2.24) is 10.3 Å². The lowest BCUT2D eigenvalue weighted by atomic mass is 10.1. The lowest BCUT2D eigenvalue weighted by molar-refractivity contribution is -0.120. The molecule has 5 heteroatoms. The molecule has 1 N–H and O–H groups in total. The highest BCUT2D eigenvalue weighted by Gasteiger charge is 2.09. The number of benzene rings is 2. The third-order valence-corrected chi connectivity index (χ3v) is 5.43. The Morgan fingerprint density at radius 1 is 1.00 bits per heavy atom. The summed E-state index contributed by atoms with van der Waals surface area (Å²) in [6.07, 6.45) is 1.32. The van der Waals surface area contributed by atoms with Crippen LogP contribution in [0.25, 0.3) is 10.6 Å². The Kier molecular flexibility index (Phi) is 7.34. The minimum atomic E-state index is -0.0171. The van der Waals surface area contributed by atoms with Crippen molar-refractivity contribution >= 4 is 17.2 Å². The van der Waals surface area contributed by atoms with Gasteiger partial charge in [0.25, 0.3) is 0 Å². The minimum Gasteiger partial charge on any atom is -0.377 e. The van der Waals surface area contributed by atoms with Gasteiger partial charge in [-0.15, -0.1) is 11.3 Å². The summed E-state index contributed by atoms with van der Waals surface area (Å²) in [5.74, 6) is -0.0171. The van der Waals surface area contributed by atoms with E-state index in [1.807, 2.05) is 36.6 Å². The fourth-order valence-corrected chi connectivity index (χ4v) is 3.63. The Hall–Kier alpha value is -2.50. The average molecular weight is 395 g/mol. The van der Waals surface area contributed by atoms with Crippen LogP contribution in [0.2, 0.25) is 0 Å². The molecule has 0 atom stereocenters. The van der Waals surface area contributed by atoms with E-state index in [1.165, 1.54) is 5.56 Å². The largest absolute Gasteiger partial charge is 0.377 e. The Bertz CT molecular complexity index is 886. The van der Waals surface area contributed by atoms with E-state index in [1.54, 1.807) is 11.3 Å². The number of rotatable bonds is 9. The zero-order chi connectivity index (χ0) is 19.8. The molecule has 0 aliphatic rings. The standard InChI is InChI=1S/C23H26N2O2S/c1-3-17-9-11-20(12-10-17)23-25-21(16-28-23)13-22(26)24-14-18-5-7-19(8-6-18)15-27-4-2/h5-12,16H,3-4,13-15H2,1-2H3,(H,24,26). The summed E-state index contributed by atoms with van der Waals surface area (Å²) in [6.45, 7) is 5.97. The number of carbonyl (C=O) groups is 1. The second-order valence-electron chi connectivity index (χ2n) is 6.60. The third kappa shape index (κ3) is 5.75. The Balaban J connectivity index is 1.50. The van der Waals surface area contributed by atoms with Gasteiger partial charge in [-0.1, -0.05) is 55.5 Å². The molecule has 0 radical (unpaired) electrons. The summed E-state index contributed by atoms with van der Waals surface area (Å²) >= 11 is 1.58. The summed E-state index contributed by atoms with van der Waals surface area (Å²) in [5.41, 5.74) is 5.43. The maximum atomic E-state index is 12.3. The van der Waals surface area contributed by atoms with E-state index in [-0.39, 0.29) is 5.91 Å². The van der Waals surface area contributed by atoms with E-state index in [0.717, 1.165) is 33.8 Å². The number of hydrogen-bond acceptors (Lipinski definition) is 4. The maximum absolute atomic E-state index is 12.3.